The van der Waals surface area contributed by atoms with Crippen LogP contribution < -0.4 is 10.5 Å². The number of aryl methyl sites for hydroxylation is 1. The molecule has 1 aromatic carbocycles. The lowest BCUT2D eigenvalue weighted by molar-refractivity contribution is 0.252. The maximum Gasteiger partial charge on any atom is 0.243 e. The maximum atomic E-state index is 14.0. The summed E-state index contributed by atoms with van der Waals surface area (Å²) >= 11 is 0. The molecular weight excluding hydrogens is 279 g/mol. The number of benzene rings is 1. The third-order valence-corrected chi connectivity index (χ3v) is 5.21. The molecule has 114 valence electrons. The van der Waals surface area contributed by atoms with Crippen molar-refractivity contribution in [1.29, 1.82) is 0 Å². The van der Waals surface area contributed by atoms with E-state index in [2.05, 4.69) is 4.72 Å². The van der Waals surface area contributed by atoms with Gasteiger partial charge in [0.2, 0.25) is 10.0 Å². The second-order valence-electron chi connectivity index (χ2n) is 6.12. The van der Waals surface area contributed by atoms with E-state index in [0.717, 1.165) is 6.07 Å². The summed E-state index contributed by atoms with van der Waals surface area (Å²) in [6.45, 7) is 9.67. The molecule has 0 bridgehead atoms. The Bertz CT molecular complexity index is 595. The van der Waals surface area contributed by atoms with E-state index < -0.39 is 20.7 Å². The second kappa shape index (κ2) is 5.69. The Morgan fingerprint density at radius 3 is 2.40 bits per heavy atom. The van der Waals surface area contributed by atoms with Crippen LogP contribution in [0.4, 0.5) is 10.1 Å². The van der Waals surface area contributed by atoms with E-state index in [-0.39, 0.29) is 29.1 Å². The highest BCUT2D eigenvalue weighted by Gasteiger charge is 2.27. The summed E-state index contributed by atoms with van der Waals surface area (Å²) in [5, 5.41) is 0. The van der Waals surface area contributed by atoms with Crippen LogP contribution >= 0.6 is 0 Å². The lowest BCUT2D eigenvalue weighted by Crippen LogP contribution is -2.37. The van der Waals surface area contributed by atoms with Crippen molar-refractivity contribution in [2.75, 3.05) is 12.3 Å². The van der Waals surface area contributed by atoms with Crippen LogP contribution in [-0.2, 0) is 10.0 Å². The van der Waals surface area contributed by atoms with E-state index in [9.17, 15) is 12.8 Å². The summed E-state index contributed by atoms with van der Waals surface area (Å²) in [5.41, 5.74) is 5.82. The Morgan fingerprint density at radius 1 is 1.35 bits per heavy atom. The van der Waals surface area contributed by atoms with Crippen LogP contribution in [0.1, 0.15) is 33.3 Å². The van der Waals surface area contributed by atoms with Crippen LogP contribution in [0.15, 0.2) is 17.0 Å². The molecule has 0 aliphatic heterocycles. The monoisotopic (exact) mass is 302 g/mol. The van der Waals surface area contributed by atoms with E-state index in [1.807, 2.05) is 27.7 Å². The molecule has 0 saturated heterocycles. The van der Waals surface area contributed by atoms with Crippen molar-refractivity contribution in [3.63, 3.8) is 0 Å². The first-order chi connectivity index (χ1) is 8.97. The van der Waals surface area contributed by atoms with Crippen molar-refractivity contribution < 1.29 is 12.8 Å². The Balaban J connectivity index is 3.07. The molecule has 0 aromatic heterocycles. The van der Waals surface area contributed by atoms with Gasteiger partial charge in [0.25, 0.3) is 0 Å². The number of nitrogens with one attached hydrogen (secondary N) is 1. The van der Waals surface area contributed by atoms with Gasteiger partial charge in [0, 0.05) is 12.2 Å². The summed E-state index contributed by atoms with van der Waals surface area (Å²) < 4.78 is 40.9. The number of hydrogen-bond acceptors (Lipinski definition) is 3. The molecule has 0 aliphatic rings. The quantitative estimate of drug-likeness (QED) is 0.821. The van der Waals surface area contributed by atoms with Crippen molar-refractivity contribution in [1.82, 2.24) is 4.72 Å². The van der Waals surface area contributed by atoms with Crippen LogP contribution in [0.3, 0.4) is 0 Å². The molecule has 0 heterocycles. The molecule has 0 radical (unpaired) electrons. The molecule has 20 heavy (non-hydrogen) atoms. The third-order valence-electron chi connectivity index (χ3n) is 3.81. The Labute approximate surface area is 120 Å². The van der Waals surface area contributed by atoms with Crippen LogP contribution in [0, 0.1) is 24.1 Å². The Hall–Kier alpha value is -1.14. The first-order valence-corrected chi connectivity index (χ1v) is 8.01. The van der Waals surface area contributed by atoms with Gasteiger partial charge in [-0.2, -0.15) is 0 Å². The number of anilines is 1. The van der Waals surface area contributed by atoms with Gasteiger partial charge in [-0.15, -0.1) is 0 Å². The molecular formula is C14H23FN2O2S. The highest BCUT2D eigenvalue weighted by molar-refractivity contribution is 7.89. The zero-order valence-electron chi connectivity index (χ0n) is 12.6. The molecule has 6 heteroatoms. The molecule has 1 aromatic rings. The predicted molar refractivity (Wildman–Crippen MR) is 79.4 cm³/mol. The van der Waals surface area contributed by atoms with Gasteiger partial charge in [-0.05, 0) is 36.0 Å². The lowest BCUT2D eigenvalue weighted by atomic mass is 9.81. The van der Waals surface area contributed by atoms with Crippen LogP contribution in [0.2, 0.25) is 0 Å². The average molecular weight is 302 g/mol. The fourth-order valence-corrected chi connectivity index (χ4v) is 2.93. The van der Waals surface area contributed by atoms with Crippen molar-refractivity contribution >= 4 is 15.7 Å². The van der Waals surface area contributed by atoms with E-state index >= 15 is 0 Å². The van der Waals surface area contributed by atoms with Gasteiger partial charge in [-0.1, -0.05) is 27.7 Å². The summed E-state index contributed by atoms with van der Waals surface area (Å²) in [5.74, 6) is -0.466. The molecule has 0 spiro atoms. The lowest BCUT2D eigenvalue weighted by Gasteiger charge is -2.29. The van der Waals surface area contributed by atoms with Gasteiger partial charge in [0.1, 0.15) is 10.7 Å². The maximum absolute atomic E-state index is 14.0. The first kappa shape index (κ1) is 16.9. The molecule has 0 unspecified atom stereocenters. The molecule has 0 atom stereocenters. The minimum absolute atomic E-state index is 0.216. The van der Waals surface area contributed by atoms with Gasteiger partial charge in [-0.25, -0.2) is 17.5 Å². The van der Waals surface area contributed by atoms with Crippen molar-refractivity contribution in [2.45, 2.75) is 39.5 Å². The molecule has 0 fully saturated rings. The van der Waals surface area contributed by atoms with E-state index in [0.29, 0.717) is 0 Å². The number of sulfonamides is 1. The number of hydrogen-bond donors (Lipinski definition) is 2. The minimum atomic E-state index is -3.91. The molecule has 0 amide bonds. The molecule has 4 nitrogen and oxygen atoms in total. The van der Waals surface area contributed by atoms with Crippen molar-refractivity contribution in [3.8, 4) is 0 Å². The Morgan fingerprint density at radius 2 is 1.90 bits per heavy atom. The van der Waals surface area contributed by atoms with Crippen LogP contribution in [0.5, 0.6) is 0 Å². The number of nitrogens with two attached hydrogens (primary N) is 1. The average Bonchev–Trinajstić information content (AvgIpc) is 2.31. The highest BCUT2D eigenvalue weighted by atomic mass is 32.2. The minimum Gasteiger partial charge on any atom is -0.399 e. The molecule has 1 rings (SSSR count). The van der Waals surface area contributed by atoms with Crippen molar-refractivity contribution in [3.05, 3.63) is 23.5 Å². The number of rotatable bonds is 5. The van der Waals surface area contributed by atoms with E-state index in [1.165, 1.54) is 13.0 Å². The van der Waals surface area contributed by atoms with E-state index in [4.69, 9.17) is 5.73 Å². The summed E-state index contributed by atoms with van der Waals surface area (Å²) in [6.07, 6.45) is 0. The summed E-state index contributed by atoms with van der Waals surface area (Å²) in [6, 6.07) is 2.56. The third kappa shape index (κ3) is 3.70. The smallest absolute Gasteiger partial charge is 0.243 e. The van der Waals surface area contributed by atoms with Crippen LogP contribution in [0.25, 0.3) is 0 Å². The van der Waals surface area contributed by atoms with Crippen molar-refractivity contribution in [2.24, 2.45) is 11.3 Å². The molecule has 3 N–H and O–H groups in total. The first-order valence-electron chi connectivity index (χ1n) is 6.52. The van der Waals surface area contributed by atoms with Crippen LogP contribution in [-0.4, -0.2) is 15.0 Å². The van der Waals surface area contributed by atoms with Gasteiger partial charge in [0.05, 0.1) is 0 Å². The number of halogens is 1. The van der Waals surface area contributed by atoms with Gasteiger partial charge in [0.15, 0.2) is 0 Å². The predicted octanol–water partition coefficient (Wildman–Crippen LogP) is 2.68. The molecule has 0 saturated carbocycles. The second-order valence-corrected chi connectivity index (χ2v) is 7.85. The van der Waals surface area contributed by atoms with Gasteiger partial charge in [-0.3, -0.25) is 0 Å². The Kier molecular flexibility index (Phi) is 4.82. The fourth-order valence-electron chi connectivity index (χ4n) is 1.52. The van der Waals surface area contributed by atoms with Gasteiger partial charge >= 0.3 is 0 Å². The zero-order chi connectivity index (χ0) is 15.7. The van der Waals surface area contributed by atoms with E-state index in [1.54, 1.807) is 0 Å². The largest absolute Gasteiger partial charge is 0.399 e. The summed E-state index contributed by atoms with van der Waals surface area (Å²) in [4.78, 5) is -0.394. The fraction of sp³-hybridized carbons (Fsp3) is 0.571. The number of nitrogen functional groups attached to an aromatic ring is 1. The standard InChI is InChI=1S/C14H23FN2O2S/c1-9(2)14(4,5)8-17-20(18,19)12-7-11(16)6-10(3)13(12)15/h6-7,9,17H,8,16H2,1-5H3. The topological polar surface area (TPSA) is 72.2 Å². The summed E-state index contributed by atoms with van der Waals surface area (Å²) in [7, 11) is -3.91. The SMILES string of the molecule is Cc1cc(N)cc(S(=O)(=O)NCC(C)(C)C(C)C)c1F. The zero-order valence-corrected chi connectivity index (χ0v) is 13.4. The van der Waals surface area contributed by atoms with Gasteiger partial charge < -0.3 is 5.73 Å². The highest BCUT2D eigenvalue weighted by Crippen LogP contribution is 2.26. The molecule has 0 aliphatic carbocycles. The normalized spacial score (nSPS) is 12.9.